The molecule has 0 radical (unpaired) electrons. The van der Waals surface area contributed by atoms with Gasteiger partial charge in [0.2, 0.25) is 5.96 Å². The van der Waals surface area contributed by atoms with E-state index in [-0.39, 0.29) is 41.8 Å². The first-order valence-electron chi connectivity index (χ1n) is 14.9. The number of phenols is 1. The lowest BCUT2D eigenvalue weighted by molar-refractivity contribution is -0.137. The number of aromatic carboxylic acids is 1. The summed E-state index contributed by atoms with van der Waals surface area (Å²) in [6.45, 7) is 3.97. The van der Waals surface area contributed by atoms with Crippen LogP contribution in [0.5, 0.6) is 5.75 Å². The molecule has 2 aliphatic heterocycles. The minimum Gasteiger partial charge on any atom is -0.507 e. The molecule has 1 atom stereocenters. The molecular formula is C33H35N7O8. The molecule has 15 heteroatoms. The van der Waals surface area contributed by atoms with E-state index in [0.29, 0.717) is 35.0 Å². The van der Waals surface area contributed by atoms with Crippen LogP contribution in [-0.4, -0.2) is 81.5 Å². The van der Waals surface area contributed by atoms with Gasteiger partial charge in [0.25, 0.3) is 17.7 Å². The second-order valence-electron chi connectivity index (χ2n) is 11.1. The number of guanidine groups is 1. The van der Waals surface area contributed by atoms with E-state index in [0.717, 1.165) is 12.0 Å². The number of carbonyl (C=O) groups excluding carboxylic acids is 3. The molecule has 48 heavy (non-hydrogen) atoms. The average Bonchev–Trinajstić information content (AvgIpc) is 3.29. The van der Waals surface area contributed by atoms with E-state index in [1.54, 1.807) is 4.90 Å². The molecule has 15 nitrogen and oxygen atoms in total. The number of anilines is 1. The summed E-state index contributed by atoms with van der Waals surface area (Å²) in [7, 11) is 3.64. The Morgan fingerprint density at radius 1 is 0.917 bits per heavy atom. The first kappa shape index (κ1) is 34.7. The van der Waals surface area contributed by atoms with Crippen molar-refractivity contribution in [3.8, 4) is 5.75 Å². The summed E-state index contributed by atoms with van der Waals surface area (Å²) >= 11 is 0. The Morgan fingerprint density at radius 3 is 2.19 bits per heavy atom. The summed E-state index contributed by atoms with van der Waals surface area (Å²) in [5.41, 5.74) is 3.16. The topological polar surface area (TPSA) is 205 Å². The number of rotatable bonds is 9. The van der Waals surface area contributed by atoms with Gasteiger partial charge in [-0.05, 0) is 73.5 Å². The SMILES string of the molecule is CCCC1C(=O)N2C(N(C)C)=Nc3ccc(C)cc3N2C1=O.O=C(O)CCNC(=O)c1ccc(N=Nc2ccc(O)c(C(=O)O)c2)cc1. The molecular weight excluding hydrogens is 622 g/mol. The monoisotopic (exact) mass is 657 g/mol. The second kappa shape index (κ2) is 15.0. The highest BCUT2D eigenvalue weighted by Crippen LogP contribution is 2.40. The molecule has 0 aliphatic carbocycles. The summed E-state index contributed by atoms with van der Waals surface area (Å²) in [6, 6.07) is 15.6. The Labute approximate surface area is 275 Å². The Bertz CT molecular complexity index is 1800. The molecule has 3 amide bonds. The van der Waals surface area contributed by atoms with Gasteiger partial charge < -0.3 is 25.5 Å². The predicted octanol–water partition coefficient (Wildman–Crippen LogP) is 4.77. The van der Waals surface area contributed by atoms with Crippen molar-refractivity contribution >= 4 is 58.4 Å². The summed E-state index contributed by atoms with van der Waals surface area (Å²) < 4.78 is 0. The summed E-state index contributed by atoms with van der Waals surface area (Å²) in [4.78, 5) is 65.0. The molecule has 0 bridgehead atoms. The normalized spacial score (nSPS) is 14.9. The van der Waals surface area contributed by atoms with Gasteiger partial charge in [-0.2, -0.15) is 15.2 Å². The number of aromatic hydroxyl groups is 1. The van der Waals surface area contributed by atoms with E-state index in [9.17, 15) is 29.1 Å². The number of azo groups is 1. The van der Waals surface area contributed by atoms with Gasteiger partial charge in [0.05, 0.1) is 29.2 Å². The van der Waals surface area contributed by atoms with Gasteiger partial charge in [-0.15, -0.1) is 0 Å². The number of benzene rings is 3. The van der Waals surface area contributed by atoms with Crippen LogP contribution < -0.4 is 10.3 Å². The number of nitrogens with zero attached hydrogens (tertiary/aromatic N) is 6. The van der Waals surface area contributed by atoms with Crippen LogP contribution in [0.3, 0.4) is 0 Å². The standard InChI is InChI=1S/C17H15N3O6.C16H20N4O2/c21-14-6-5-12(9-13(14)17(25)26)20-19-11-3-1-10(2-4-11)16(24)18-8-7-15(22)23;1-5-6-11-14(21)19-13-9-10(2)7-8-12(13)17-16(18(3)4)20(19)15(11)22/h1-6,9,21H,7-8H2,(H,18,24)(H,22,23)(H,25,26);7-9,11H,5-6H2,1-4H3. The van der Waals surface area contributed by atoms with Crippen LogP contribution in [0.15, 0.2) is 75.9 Å². The Morgan fingerprint density at radius 2 is 1.56 bits per heavy atom. The number of carbonyl (C=O) groups is 5. The molecule has 5 rings (SSSR count). The Kier molecular flexibility index (Phi) is 10.8. The minimum atomic E-state index is -1.28. The van der Waals surface area contributed by atoms with Crippen molar-refractivity contribution in [2.75, 3.05) is 25.6 Å². The fourth-order valence-corrected chi connectivity index (χ4v) is 4.83. The molecule has 1 saturated heterocycles. The highest BCUT2D eigenvalue weighted by molar-refractivity contribution is 6.22. The van der Waals surface area contributed by atoms with Crippen LogP contribution in [0.4, 0.5) is 22.7 Å². The molecule has 2 heterocycles. The third kappa shape index (κ3) is 7.81. The lowest BCUT2D eigenvalue weighted by Gasteiger charge is -2.35. The van der Waals surface area contributed by atoms with Crippen LogP contribution in [0.1, 0.15) is 52.5 Å². The number of aliphatic carboxylic acids is 1. The number of hydrogen-bond donors (Lipinski definition) is 4. The molecule has 3 aromatic carbocycles. The van der Waals surface area contributed by atoms with E-state index in [4.69, 9.17) is 10.2 Å². The highest BCUT2D eigenvalue weighted by atomic mass is 16.4. The van der Waals surface area contributed by atoms with Gasteiger partial charge in [0, 0.05) is 26.2 Å². The number of carboxylic acid groups (broad SMARTS) is 2. The van der Waals surface area contributed by atoms with Crippen molar-refractivity contribution in [1.82, 2.24) is 15.2 Å². The summed E-state index contributed by atoms with van der Waals surface area (Å²) in [6.07, 6.45) is 1.19. The van der Waals surface area contributed by atoms with Crippen molar-refractivity contribution in [1.29, 1.82) is 0 Å². The van der Waals surface area contributed by atoms with Crippen LogP contribution in [0.25, 0.3) is 0 Å². The van der Waals surface area contributed by atoms with E-state index >= 15 is 0 Å². The zero-order chi connectivity index (χ0) is 35.1. The van der Waals surface area contributed by atoms with Gasteiger partial charge in [0.15, 0.2) is 0 Å². The maximum absolute atomic E-state index is 12.8. The zero-order valence-corrected chi connectivity index (χ0v) is 26.7. The van der Waals surface area contributed by atoms with Gasteiger partial charge in [0.1, 0.15) is 17.2 Å². The fraction of sp³-hybridized carbons (Fsp3) is 0.273. The molecule has 3 aromatic rings. The van der Waals surface area contributed by atoms with Crippen molar-refractivity contribution in [3.05, 3.63) is 77.4 Å². The van der Waals surface area contributed by atoms with E-state index in [1.165, 1.54) is 52.5 Å². The number of carboxylic acids is 2. The molecule has 1 unspecified atom stereocenters. The zero-order valence-electron chi connectivity index (χ0n) is 26.7. The van der Waals surface area contributed by atoms with E-state index in [1.807, 2.05) is 46.1 Å². The highest BCUT2D eigenvalue weighted by Gasteiger charge is 2.50. The van der Waals surface area contributed by atoms with Crippen molar-refractivity contribution < 1.29 is 39.3 Å². The fourth-order valence-electron chi connectivity index (χ4n) is 4.83. The number of hydrogen-bond acceptors (Lipinski definition) is 10. The number of aryl methyl sites for hydroxylation is 1. The van der Waals surface area contributed by atoms with Crippen molar-refractivity contribution in [2.24, 2.45) is 21.1 Å². The third-order valence-corrected chi connectivity index (χ3v) is 7.21. The van der Waals surface area contributed by atoms with Crippen molar-refractivity contribution in [2.45, 2.75) is 33.1 Å². The minimum absolute atomic E-state index is 0.0301. The van der Waals surface area contributed by atoms with Crippen LogP contribution >= 0.6 is 0 Å². The number of fused-ring (bicyclic) bond motifs is 3. The largest absolute Gasteiger partial charge is 0.507 e. The number of aliphatic imine (C=N–C) groups is 1. The van der Waals surface area contributed by atoms with Crippen LogP contribution in [-0.2, 0) is 14.4 Å². The Balaban J connectivity index is 0.000000219. The molecule has 0 aromatic heterocycles. The average molecular weight is 658 g/mol. The molecule has 0 saturated carbocycles. The quantitative estimate of drug-likeness (QED) is 0.184. The van der Waals surface area contributed by atoms with E-state index in [2.05, 4.69) is 20.5 Å². The van der Waals surface area contributed by atoms with Crippen LogP contribution in [0, 0.1) is 12.8 Å². The predicted molar refractivity (Wildman–Crippen MR) is 175 cm³/mol. The smallest absolute Gasteiger partial charge is 0.339 e. The van der Waals surface area contributed by atoms with Crippen molar-refractivity contribution in [3.63, 3.8) is 0 Å². The number of amides is 3. The lowest BCUT2D eigenvalue weighted by atomic mass is 10.0. The molecule has 4 N–H and O–H groups in total. The van der Waals surface area contributed by atoms with Gasteiger partial charge in [-0.25, -0.2) is 14.8 Å². The van der Waals surface area contributed by atoms with Crippen LogP contribution in [0.2, 0.25) is 0 Å². The first-order valence-corrected chi connectivity index (χ1v) is 14.9. The lowest BCUT2D eigenvalue weighted by Crippen LogP contribution is -2.52. The molecule has 2 aliphatic rings. The van der Waals surface area contributed by atoms with Gasteiger partial charge in [-0.1, -0.05) is 19.4 Å². The molecule has 250 valence electrons. The number of hydrazine groups is 1. The summed E-state index contributed by atoms with van der Waals surface area (Å²) in [5, 5.41) is 40.1. The Hall–Kier alpha value is -6.12. The van der Waals surface area contributed by atoms with Gasteiger partial charge >= 0.3 is 11.9 Å². The van der Waals surface area contributed by atoms with E-state index < -0.39 is 23.8 Å². The maximum Gasteiger partial charge on any atom is 0.339 e. The number of nitrogens with one attached hydrogen (secondary N) is 1. The molecule has 1 fully saturated rings. The summed E-state index contributed by atoms with van der Waals surface area (Å²) in [5.74, 6) is -3.53. The molecule has 0 spiro atoms. The maximum atomic E-state index is 12.8. The second-order valence-corrected chi connectivity index (χ2v) is 11.1. The van der Waals surface area contributed by atoms with Gasteiger partial charge in [-0.3, -0.25) is 19.2 Å². The third-order valence-electron chi connectivity index (χ3n) is 7.21. The first-order chi connectivity index (χ1) is 22.8.